The predicted octanol–water partition coefficient (Wildman–Crippen LogP) is 1.88. The molecule has 4 rings (SSSR count). The van der Waals surface area contributed by atoms with E-state index in [-0.39, 0.29) is 5.69 Å². The van der Waals surface area contributed by atoms with E-state index >= 15 is 0 Å². The summed E-state index contributed by atoms with van der Waals surface area (Å²) in [6.45, 7) is 5.17. The molecule has 1 N–H and O–H groups in total. The highest BCUT2D eigenvalue weighted by Crippen LogP contribution is 2.24. The van der Waals surface area contributed by atoms with Crippen molar-refractivity contribution < 1.29 is 4.74 Å². The number of aromatic nitrogens is 6. The molecular formula is C16H16N6O2. The topological polar surface area (TPSA) is 90.6 Å². The van der Waals surface area contributed by atoms with Gasteiger partial charge in [0.2, 0.25) is 5.88 Å². The zero-order valence-corrected chi connectivity index (χ0v) is 13.4. The second kappa shape index (κ2) is 5.48. The normalized spacial score (nSPS) is 11.4. The van der Waals surface area contributed by atoms with Crippen LogP contribution in [0, 0.1) is 0 Å². The van der Waals surface area contributed by atoms with Crippen LogP contribution in [0.25, 0.3) is 27.9 Å². The van der Waals surface area contributed by atoms with Gasteiger partial charge in [-0.3, -0.25) is 9.55 Å². The molecule has 0 unspecified atom stereocenters. The second-order valence-corrected chi connectivity index (χ2v) is 5.28. The first-order valence-corrected chi connectivity index (χ1v) is 7.76. The van der Waals surface area contributed by atoms with E-state index in [9.17, 15) is 4.79 Å². The summed E-state index contributed by atoms with van der Waals surface area (Å²) in [7, 11) is 0. The van der Waals surface area contributed by atoms with Crippen molar-refractivity contribution in [3.05, 3.63) is 41.3 Å². The zero-order valence-electron chi connectivity index (χ0n) is 13.4. The van der Waals surface area contributed by atoms with E-state index in [4.69, 9.17) is 4.74 Å². The summed E-state index contributed by atoms with van der Waals surface area (Å²) in [5.41, 5.74) is 3.26. The van der Waals surface area contributed by atoms with Crippen LogP contribution >= 0.6 is 0 Å². The first kappa shape index (κ1) is 14.4. The minimum Gasteiger partial charge on any atom is -0.476 e. The molecule has 122 valence electrons. The Morgan fingerprint density at radius 2 is 2.08 bits per heavy atom. The number of imidazole rings is 2. The van der Waals surface area contributed by atoms with Gasteiger partial charge in [-0.15, -0.1) is 0 Å². The van der Waals surface area contributed by atoms with Crippen molar-refractivity contribution in [1.29, 1.82) is 0 Å². The number of nitrogens with zero attached hydrogens (tertiary/aromatic N) is 5. The minimum absolute atomic E-state index is 0.284. The molecule has 1 aromatic carbocycles. The second-order valence-electron chi connectivity index (χ2n) is 5.28. The fourth-order valence-corrected chi connectivity index (χ4v) is 2.84. The van der Waals surface area contributed by atoms with Crippen LogP contribution in [0.4, 0.5) is 0 Å². The summed E-state index contributed by atoms with van der Waals surface area (Å²) in [6.07, 6.45) is 3.17. The maximum Gasteiger partial charge on any atom is 0.332 e. The number of benzene rings is 1. The van der Waals surface area contributed by atoms with Gasteiger partial charge in [0.15, 0.2) is 11.2 Å². The van der Waals surface area contributed by atoms with Gasteiger partial charge in [-0.1, -0.05) is 0 Å². The van der Waals surface area contributed by atoms with Crippen LogP contribution in [0.15, 0.2) is 35.6 Å². The Bertz CT molecular complexity index is 1090. The molecule has 4 aromatic rings. The Morgan fingerprint density at radius 1 is 1.21 bits per heavy atom. The first-order chi connectivity index (χ1) is 11.7. The summed E-state index contributed by atoms with van der Waals surface area (Å²) in [6, 6.07) is 5.68. The van der Waals surface area contributed by atoms with E-state index in [0.717, 1.165) is 17.6 Å². The summed E-state index contributed by atoms with van der Waals surface area (Å²) >= 11 is 0. The molecule has 0 aliphatic rings. The van der Waals surface area contributed by atoms with Gasteiger partial charge < -0.3 is 9.30 Å². The van der Waals surface area contributed by atoms with Gasteiger partial charge in [-0.2, -0.15) is 4.98 Å². The van der Waals surface area contributed by atoms with Crippen LogP contribution in [0.1, 0.15) is 13.8 Å². The fourth-order valence-electron chi connectivity index (χ4n) is 2.84. The molecule has 0 atom stereocenters. The number of fused-ring (bicyclic) bond motifs is 2. The highest BCUT2D eigenvalue weighted by atomic mass is 16.5. The van der Waals surface area contributed by atoms with Crippen molar-refractivity contribution in [2.24, 2.45) is 0 Å². The van der Waals surface area contributed by atoms with Crippen molar-refractivity contribution in [1.82, 2.24) is 29.1 Å². The lowest BCUT2D eigenvalue weighted by Gasteiger charge is -2.08. The van der Waals surface area contributed by atoms with Crippen molar-refractivity contribution in [2.75, 3.05) is 6.61 Å². The molecule has 0 saturated heterocycles. The third-order valence-electron chi connectivity index (χ3n) is 3.93. The number of H-pyrrole nitrogens is 1. The Balaban J connectivity index is 2.02. The van der Waals surface area contributed by atoms with Gasteiger partial charge in [0, 0.05) is 6.54 Å². The van der Waals surface area contributed by atoms with Crippen molar-refractivity contribution in [2.45, 2.75) is 20.4 Å². The summed E-state index contributed by atoms with van der Waals surface area (Å²) in [5, 5.41) is 0. The molecule has 0 bridgehead atoms. The molecule has 8 nitrogen and oxygen atoms in total. The average Bonchev–Trinajstić information content (AvgIpc) is 3.14. The van der Waals surface area contributed by atoms with Gasteiger partial charge in [-0.05, 0) is 32.0 Å². The standard InChI is InChI=1S/C16H16N6O2/c1-3-21-9-19-11-6-5-10(7-12(11)21)22-13-14(20-16(22)23)17-8-18-15(13)24-4-2/h5-9H,3-4H2,1-2H3,(H,17,18,20,23). The minimum atomic E-state index is -0.284. The highest BCUT2D eigenvalue weighted by molar-refractivity contribution is 5.82. The van der Waals surface area contributed by atoms with Crippen LogP contribution in [-0.4, -0.2) is 35.7 Å². The third kappa shape index (κ3) is 2.07. The Kier molecular flexibility index (Phi) is 3.30. The summed E-state index contributed by atoms with van der Waals surface area (Å²) < 4.78 is 9.12. The number of hydrogen-bond donors (Lipinski definition) is 1. The molecule has 0 aliphatic heterocycles. The zero-order chi connectivity index (χ0) is 16.7. The van der Waals surface area contributed by atoms with E-state index in [2.05, 4.69) is 19.9 Å². The lowest BCUT2D eigenvalue weighted by atomic mass is 10.2. The maximum atomic E-state index is 12.5. The quantitative estimate of drug-likeness (QED) is 0.619. The summed E-state index contributed by atoms with van der Waals surface area (Å²) in [5.74, 6) is 0.380. The number of hydrogen-bond acceptors (Lipinski definition) is 5. The van der Waals surface area contributed by atoms with E-state index < -0.39 is 0 Å². The van der Waals surface area contributed by atoms with Crippen LogP contribution < -0.4 is 10.4 Å². The Hall–Kier alpha value is -3.16. The molecule has 0 spiro atoms. The lowest BCUT2D eigenvalue weighted by molar-refractivity contribution is 0.329. The largest absolute Gasteiger partial charge is 0.476 e. The number of aromatic amines is 1. The van der Waals surface area contributed by atoms with Crippen molar-refractivity contribution in [3.63, 3.8) is 0 Å². The lowest BCUT2D eigenvalue weighted by Crippen LogP contribution is -2.15. The smallest absolute Gasteiger partial charge is 0.332 e. The van der Waals surface area contributed by atoms with Crippen LogP contribution in [0.3, 0.4) is 0 Å². The van der Waals surface area contributed by atoms with Crippen LogP contribution in [0.2, 0.25) is 0 Å². The predicted molar refractivity (Wildman–Crippen MR) is 89.6 cm³/mol. The van der Waals surface area contributed by atoms with Gasteiger partial charge in [-0.25, -0.2) is 14.8 Å². The highest BCUT2D eigenvalue weighted by Gasteiger charge is 2.16. The molecule has 0 saturated carbocycles. The van der Waals surface area contributed by atoms with Crippen molar-refractivity contribution >= 4 is 22.2 Å². The van der Waals surface area contributed by atoms with Crippen LogP contribution in [-0.2, 0) is 6.54 Å². The molecule has 0 radical (unpaired) electrons. The van der Waals surface area contributed by atoms with Gasteiger partial charge >= 0.3 is 5.69 Å². The molecule has 0 amide bonds. The van der Waals surface area contributed by atoms with E-state index in [1.54, 1.807) is 6.33 Å². The van der Waals surface area contributed by atoms with Gasteiger partial charge in [0.25, 0.3) is 0 Å². The SMILES string of the molecule is CCOc1ncnc2[nH]c(=O)n(-c3ccc4ncn(CC)c4c3)c12. The Morgan fingerprint density at radius 3 is 2.88 bits per heavy atom. The number of ether oxygens (including phenoxy) is 1. The number of aryl methyl sites for hydroxylation is 1. The third-order valence-corrected chi connectivity index (χ3v) is 3.93. The van der Waals surface area contributed by atoms with E-state index in [1.165, 1.54) is 10.9 Å². The molecule has 0 aliphatic carbocycles. The summed E-state index contributed by atoms with van der Waals surface area (Å²) in [4.78, 5) is 27.9. The molecular weight excluding hydrogens is 308 g/mol. The number of nitrogens with one attached hydrogen (secondary N) is 1. The van der Waals surface area contributed by atoms with E-state index in [1.807, 2.05) is 36.6 Å². The molecule has 3 heterocycles. The first-order valence-electron chi connectivity index (χ1n) is 7.76. The molecule has 0 fully saturated rings. The average molecular weight is 324 g/mol. The van der Waals surface area contributed by atoms with E-state index in [0.29, 0.717) is 29.3 Å². The van der Waals surface area contributed by atoms with Crippen molar-refractivity contribution in [3.8, 4) is 11.6 Å². The van der Waals surface area contributed by atoms with Gasteiger partial charge in [0.1, 0.15) is 6.33 Å². The van der Waals surface area contributed by atoms with Gasteiger partial charge in [0.05, 0.1) is 29.7 Å². The monoisotopic (exact) mass is 324 g/mol. The maximum absolute atomic E-state index is 12.5. The molecule has 3 aromatic heterocycles. The fraction of sp³-hybridized carbons (Fsp3) is 0.250. The Labute approximate surface area is 136 Å². The van der Waals surface area contributed by atoms with Crippen LogP contribution in [0.5, 0.6) is 5.88 Å². The molecule has 24 heavy (non-hydrogen) atoms. The number of rotatable bonds is 4. The molecule has 8 heteroatoms.